The number of aryl methyl sites for hydroxylation is 1. The second-order valence-electron chi connectivity index (χ2n) is 6.74. The molecule has 1 aliphatic heterocycles. The molecule has 0 bridgehead atoms. The molecule has 0 saturated carbocycles. The smallest absolute Gasteiger partial charge is 0.410 e. The van der Waals surface area contributed by atoms with E-state index in [1.54, 1.807) is 23.2 Å². The van der Waals surface area contributed by atoms with Crippen molar-refractivity contribution in [3.63, 3.8) is 0 Å². The normalized spacial score (nSPS) is 15.2. The molecule has 3 heterocycles. The van der Waals surface area contributed by atoms with Crippen LogP contribution < -0.4 is 4.74 Å². The standard InChI is InChI=1S/C20H22N4O3/c1-15-13-18(27-22-15)6-8-23-9-11-24(12-10-23)20(25)26-17-5-4-16-3-2-7-21-19(16)14-17/h2-5,7,13-14H,6,8-12H2,1H3. The van der Waals surface area contributed by atoms with Crippen molar-refractivity contribution in [2.45, 2.75) is 13.3 Å². The second kappa shape index (κ2) is 7.75. The molecule has 1 fully saturated rings. The molecule has 0 atom stereocenters. The third-order valence-electron chi connectivity index (χ3n) is 4.76. The van der Waals surface area contributed by atoms with E-state index in [4.69, 9.17) is 9.26 Å². The fraction of sp³-hybridized carbons (Fsp3) is 0.350. The van der Waals surface area contributed by atoms with E-state index in [-0.39, 0.29) is 6.09 Å². The summed E-state index contributed by atoms with van der Waals surface area (Å²) in [7, 11) is 0. The Hall–Kier alpha value is -2.93. The van der Waals surface area contributed by atoms with Crippen molar-refractivity contribution in [1.82, 2.24) is 19.9 Å². The number of aromatic nitrogens is 2. The van der Waals surface area contributed by atoms with Gasteiger partial charge in [-0.05, 0) is 25.1 Å². The molecular formula is C20H22N4O3. The largest absolute Gasteiger partial charge is 0.415 e. The molecular weight excluding hydrogens is 344 g/mol. The predicted octanol–water partition coefficient (Wildman–Crippen LogP) is 2.89. The second-order valence-corrected chi connectivity index (χ2v) is 6.74. The first-order valence-corrected chi connectivity index (χ1v) is 9.13. The zero-order valence-corrected chi connectivity index (χ0v) is 15.3. The molecule has 1 saturated heterocycles. The molecule has 7 heteroatoms. The maximum atomic E-state index is 12.4. The number of carbonyl (C=O) groups is 1. The topological polar surface area (TPSA) is 71.7 Å². The molecule has 140 valence electrons. The SMILES string of the molecule is Cc1cc(CCN2CCN(C(=O)Oc3ccc4cccnc4c3)CC2)on1. The molecule has 0 radical (unpaired) electrons. The van der Waals surface area contributed by atoms with Crippen LogP contribution >= 0.6 is 0 Å². The Bertz CT molecular complexity index is 932. The molecule has 3 aromatic rings. The van der Waals surface area contributed by atoms with Crippen molar-refractivity contribution in [3.05, 3.63) is 54.0 Å². The van der Waals surface area contributed by atoms with Crippen molar-refractivity contribution in [3.8, 4) is 5.75 Å². The third kappa shape index (κ3) is 4.25. The van der Waals surface area contributed by atoms with Gasteiger partial charge >= 0.3 is 6.09 Å². The van der Waals surface area contributed by atoms with Crippen LogP contribution in [0, 0.1) is 6.92 Å². The van der Waals surface area contributed by atoms with Crippen molar-refractivity contribution in [2.24, 2.45) is 0 Å². The lowest BCUT2D eigenvalue weighted by atomic mass is 10.2. The number of fused-ring (bicyclic) bond motifs is 1. The van der Waals surface area contributed by atoms with E-state index < -0.39 is 0 Å². The maximum Gasteiger partial charge on any atom is 0.415 e. The summed E-state index contributed by atoms with van der Waals surface area (Å²) >= 11 is 0. The average Bonchev–Trinajstić information content (AvgIpc) is 3.12. The Kier molecular flexibility index (Phi) is 5.02. The first-order chi connectivity index (χ1) is 13.2. The highest BCUT2D eigenvalue weighted by atomic mass is 16.6. The van der Waals surface area contributed by atoms with Gasteiger partial charge in [0.1, 0.15) is 11.5 Å². The lowest BCUT2D eigenvalue weighted by Crippen LogP contribution is -2.49. The number of hydrogen-bond donors (Lipinski definition) is 0. The molecule has 4 rings (SSSR count). The van der Waals surface area contributed by atoms with Crippen molar-refractivity contribution in [2.75, 3.05) is 32.7 Å². The van der Waals surface area contributed by atoms with Crippen LogP contribution in [0.3, 0.4) is 0 Å². The van der Waals surface area contributed by atoms with E-state index in [2.05, 4.69) is 15.0 Å². The summed E-state index contributed by atoms with van der Waals surface area (Å²) in [5.41, 5.74) is 1.72. The number of pyridine rings is 1. The van der Waals surface area contributed by atoms with Gasteiger partial charge in [0.25, 0.3) is 0 Å². The highest BCUT2D eigenvalue weighted by Gasteiger charge is 2.22. The van der Waals surface area contributed by atoms with Gasteiger partial charge in [0.15, 0.2) is 0 Å². The van der Waals surface area contributed by atoms with Crippen LogP contribution in [0.4, 0.5) is 4.79 Å². The third-order valence-corrected chi connectivity index (χ3v) is 4.76. The number of carbonyl (C=O) groups excluding carboxylic acids is 1. The van der Waals surface area contributed by atoms with Gasteiger partial charge in [0.2, 0.25) is 0 Å². The van der Waals surface area contributed by atoms with Crippen LogP contribution in [0.15, 0.2) is 47.1 Å². The lowest BCUT2D eigenvalue weighted by Gasteiger charge is -2.33. The molecule has 1 amide bonds. The number of nitrogens with zero attached hydrogens (tertiary/aromatic N) is 4. The minimum atomic E-state index is -0.309. The van der Waals surface area contributed by atoms with Crippen LogP contribution in [0.2, 0.25) is 0 Å². The lowest BCUT2D eigenvalue weighted by molar-refractivity contribution is 0.110. The van der Waals surface area contributed by atoms with Crippen LogP contribution in [-0.4, -0.2) is 58.8 Å². The zero-order valence-electron chi connectivity index (χ0n) is 15.3. The van der Waals surface area contributed by atoms with Crippen molar-refractivity contribution in [1.29, 1.82) is 0 Å². The molecule has 0 N–H and O–H groups in total. The number of hydrogen-bond acceptors (Lipinski definition) is 6. The Labute approximate surface area is 157 Å². The van der Waals surface area contributed by atoms with Gasteiger partial charge in [-0.1, -0.05) is 11.2 Å². The van der Waals surface area contributed by atoms with E-state index in [1.165, 1.54) is 0 Å². The van der Waals surface area contributed by atoms with Crippen LogP contribution in [0.1, 0.15) is 11.5 Å². The van der Waals surface area contributed by atoms with Gasteiger partial charge in [-0.2, -0.15) is 0 Å². The number of benzene rings is 1. The van der Waals surface area contributed by atoms with Gasteiger partial charge in [-0.25, -0.2) is 4.79 Å². The van der Waals surface area contributed by atoms with Crippen LogP contribution in [0.5, 0.6) is 5.75 Å². The first kappa shape index (κ1) is 17.5. The number of amides is 1. The van der Waals surface area contributed by atoms with Crippen molar-refractivity contribution >= 4 is 17.0 Å². The average molecular weight is 366 g/mol. The molecule has 0 spiro atoms. The van der Waals surface area contributed by atoms with E-state index in [0.717, 1.165) is 48.4 Å². The number of rotatable bonds is 4. The summed E-state index contributed by atoms with van der Waals surface area (Å²) in [6.45, 7) is 5.76. The Morgan fingerprint density at radius 2 is 2.04 bits per heavy atom. The highest BCUT2D eigenvalue weighted by molar-refractivity contribution is 5.81. The molecule has 27 heavy (non-hydrogen) atoms. The Morgan fingerprint density at radius 1 is 1.19 bits per heavy atom. The van der Waals surface area contributed by atoms with E-state index in [0.29, 0.717) is 18.8 Å². The summed E-state index contributed by atoms with van der Waals surface area (Å²) in [5.74, 6) is 1.42. The van der Waals surface area contributed by atoms with Crippen molar-refractivity contribution < 1.29 is 14.1 Å². The molecule has 1 aromatic carbocycles. The quantitative estimate of drug-likeness (QED) is 0.707. The van der Waals surface area contributed by atoms with E-state index in [9.17, 15) is 4.79 Å². The minimum Gasteiger partial charge on any atom is -0.410 e. The summed E-state index contributed by atoms with van der Waals surface area (Å²) in [6, 6.07) is 11.3. The van der Waals surface area contributed by atoms with Gasteiger partial charge in [-0.15, -0.1) is 0 Å². The van der Waals surface area contributed by atoms with E-state index in [1.807, 2.05) is 31.2 Å². The molecule has 2 aromatic heterocycles. The van der Waals surface area contributed by atoms with Gasteiger partial charge in [0, 0.05) is 62.9 Å². The summed E-state index contributed by atoms with van der Waals surface area (Å²) in [5, 5.41) is 4.93. The fourth-order valence-electron chi connectivity index (χ4n) is 3.23. The maximum absolute atomic E-state index is 12.4. The Balaban J connectivity index is 1.27. The zero-order chi connectivity index (χ0) is 18.6. The Morgan fingerprint density at radius 3 is 2.81 bits per heavy atom. The van der Waals surface area contributed by atoms with Gasteiger partial charge in [-0.3, -0.25) is 9.88 Å². The highest BCUT2D eigenvalue weighted by Crippen LogP contribution is 2.19. The monoisotopic (exact) mass is 366 g/mol. The predicted molar refractivity (Wildman–Crippen MR) is 101 cm³/mol. The van der Waals surface area contributed by atoms with Crippen LogP contribution in [0.25, 0.3) is 10.9 Å². The number of ether oxygens (including phenoxy) is 1. The van der Waals surface area contributed by atoms with E-state index >= 15 is 0 Å². The summed E-state index contributed by atoms with van der Waals surface area (Å²) in [6.07, 6.45) is 2.25. The molecule has 0 unspecified atom stereocenters. The summed E-state index contributed by atoms with van der Waals surface area (Å²) < 4.78 is 10.8. The summed E-state index contributed by atoms with van der Waals surface area (Å²) in [4.78, 5) is 20.8. The number of piperazine rings is 1. The first-order valence-electron chi connectivity index (χ1n) is 9.13. The van der Waals surface area contributed by atoms with Gasteiger partial charge < -0.3 is 14.2 Å². The van der Waals surface area contributed by atoms with Gasteiger partial charge in [0.05, 0.1) is 11.2 Å². The fourth-order valence-corrected chi connectivity index (χ4v) is 3.23. The van der Waals surface area contributed by atoms with Crippen LogP contribution in [-0.2, 0) is 6.42 Å². The molecule has 0 aliphatic carbocycles. The molecule has 1 aliphatic rings. The molecule has 7 nitrogen and oxygen atoms in total. The minimum absolute atomic E-state index is 0.309.